The number of aryl methyl sites for hydroxylation is 1. The third-order valence-electron chi connectivity index (χ3n) is 5.15. The zero-order valence-electron chi connectivity index (χ0n) is 15.5. The Kier molecular flexibility index (Phi) is 6.48. The minimum Gasteiger partial charge on any atom is -0.480 e. The van der Waals surface area contributed by atoms with Gasteiger partial charge in [-0.05, 0) is 31.2 Å². The zero-order valence-corrected chi connectivity index (χ0v) is 15.5. The van der Waals surface area contributed by atoms with Gasteiger partial charge in [0.15, 0.2) is 6.23 Å². The molecule has 2 fully saturated rings. The smallest absolute Gasteiger partial charge is 0.480 e. The summed E-state index contributed by atoms with van der Waals surface area (Å²) in [5.41, 5.74) is 1.03. The molecule has 0 saturated carbocycles. The third kappa shape index (κ3) is 4.79. The molecule has 28 heavy (non-hydrogen) atoms. The number of hydrogen-bond donors (Lipinski definition) is 3. The van der Waals surface area contributed by atoms with Gasteiger partial charge in [0, 0.05) is 19.5 Å². The van der Waals surface area contributed by atoms with Crippen molar-refractivity contribution in [2.75, 3.05) is 13.1 Å². The van der Waals surface area contributed by atoms with E-state index in [0.29, 0.717) is 38.8 Å². The predicted molar refractivity (Wildman–Crippen MR) is 98.3 cm³/mol. The lowest BCUT2D eigenvalue weighted by molar-refractivity contribution is -0.202. The van der Waals surface area contributed by atoms with Gasteiger partial charge < -0.3 is 14.9 Å². The average Bonchev–Trinajstić information content (AvgIpc) is 2.67. The van der Waals surface area contributed by atoms with Crippen LogP contribution < -0.4 is 5.32 Å². The number of carbonyl (C=O) groups is 3. The highest BCUT2D eigenvalue weighted by Gasteiger charge is 2.43. The number of amides is 1. The standard InChI is InChI=1S/C19H25N3O6/c23-17-14(10-12-21-11-4-7-16(22(17)21)28-19(26)27)20-15(18(24)25)9-8-13-5-2-1-3-6-13/h1-3,5-6,14-16,20H,4,7-12H2,(H,24,25)(H,26,27). The Hall–Kier alpha value is -2.65. The number of rotatable bonds is 7. The van der Waals surface area contributed by atoms with Crippen molar-refractivity contribution in [1.82, 2.24) is 15.3 Å². The lowest BCUT2D eigenvalue weighted by Crippen LogP contribution is -2.66. The largest absolute Gasteiger partial charge is 0.507 e. The molecule has 1 aromatic carbocycles. The van der Waals surface area contributed by atoms with Crippen LogP contribution in [0.4, 0.5) is 4.79 Å². The van der Waals surface area contributed by atoms with Crippen molar-refractivity contribution in [3.05, 3.63) is 35.9 Å². The van der Waals surface area contributed by atoms with Crippen LogP contribution in [0.5, 0.6) is 0 Å². The monoisotopic (exact) mass is 391 g/mol. The molecular weight excluding hydrogens is 366 g/mol. The molecule has 3 unspecified atom stereocenters. The molecule has 3 N–H and O–H groups in total. The van der Waals surface area contributed by atoms with Gasteiger partial charge in [0.2, 0.25) is 0 Å². The van der Waals surface area contributed by atoms with Crippen LogP contribution in [0, 0.1) is 0 Å². The van der Waals surface area contributed by atoms with E-state index >= 15 is 0 Å². The summed E-state index contributed by atoms with van der Waals surface area (Å²) < 4.78 is 4.87. The summed E-state index contributed by atoms with van der Waals surface area (Å²) in [6.07, 6.45) is 0.252. The summed E-state index contributed by atoms with van der Waals surface area (Å²) >= 11 is 0. The van der Waals surface area contributed by atoms with Gasteiger partial charge in [-0.25, -0.2) is 14.8 Å². The second-order valence-corrected chi connectivity index (χ2v) is 7.04. The molecule has 2 aliphatic heterocycles. The number of carboxylic acids is 1. The molecule has 0 spiro atoms. The van der Waals surface area contributed by atoms with Crippen molar-refractivity contribution >= 4 is 18.0 Å². The van der Waals surface area contributed by atoms with E-state index in [0.717, 1.165) is 12.0 Å². The number of ether oxygens (including phenoxy) is 1. The minimum absolute atomic E-state index is 0.344. The van der Waals surface area contributed by atoms with E-state index in [2.05, 4.69) is 5.32 Å². The molecule has 0 radical (unpaired) electrons. The van der Waals surface area contributed by atoms with E-state index < -0.39 is 30.4 Å². The fraction of sp³-hybridized carbons (Fsp3) is 0.526. The van der Waals surface area contributed by atoms with Crippen LogP contribution in [-0.4, -0.2) is 69.7 Å². The van der Waals surface area contributed by atoms with Crippen LogP contribution in [0.3, 0.4) is 0 Å². The number of fused-ring (bicyclic) bond motifs is 1. The number of carbonyl (C=O) groups excluding carboxylic acids is 1. The Morgan fingerprint density at radius 3 is 2.61 bits per heavy atom. The topological polar surface area (TPSA) is 119 Å². The Morgan fingerprint density at radius 1 is 1.18 bits per heavy atom. The highest BCUT2D eigenvalue weighted by Crippen LogP contribution is 2.25. The molecule has 3 rings (SSSR count). The van der Waals surface area contributed by atoms with Crippen molar-refractivity contribution in [2.24, 2.45) is 0 Å². The number of nitrogens with one attached hydrogen (secondary N) is 1. The zero-order chi connectivity index (χ0) is 20.1. The lowest BCUT2D eigenvalue weighted by atomic mass is 10.0. The van der Waals surface area contributed by atoms with Gasteiger partial charge in [0.05, 0.1) is 6.04 Å². The summed E-state index contributed by atoms with van der Waals surface area (Å²) in [4.78, 5) is 35.6. The van der Waals surface area contributed by atoms with E-state index in [1.807, 2.05) is 30.3 Å². The molecule has 1 aromatic rings. The van der Waals surface area contributed by atoms with Crippen LogP contribution in [0.2, 0.25) is 0 Å². The molecule has 152 valence electrons. The molecule has 2 aliphatic rings. The molecule has 1 amide bonds. The molecule has 2 heterocycles. The third-order valence-corrected chi connectivity index (χ3v) is 5.15. The number of benzene rings is 1. The van der Waals surface area contributed by atoms with Gasteiger partial charge in [-0.3, -0.25) is 14.9 Å². The van der Waals surface area contributed by atoms with E-state index in [1.54, 1.807) is 5.01 Å². The molecule has 0 aromatic heterocycles. The average molecular weight is 391 g/mol. The fourth-order valence-electron chi connectivity index (χ4n) is 3.78. The van der Waals surface area contributed by atoms with Crippen LogP contribution in [0.1, 0.15) is 31.2 Å². The molecule has 9 nitrogen and oxygen atoms in total. The number of hydrogen-bond acceptors (Lipinski definition) is 6. The number of aliphatic carboxylic acids is 1. The first-order chi connectivity index (χ1) is 13.5. The molecule has 9 heteroatoms. The first-order valence-corrected chi connectivity index (χ1v) is 9.46. The summed E-state index contributed by atoms with van der Waals surface area (Å²) in [5.74, 6) is -1.36. The van der Waals surface area contributed by atoms with Gasteiger partial charge in [0.1, 0.15) is 6.04 Å². The number of nitrogens with zero attached hydrogens (tertiary/aromatic N) is 2. The first-order valence-electron chi connectivity index (χ1n) is 9.46. The molecule has 3 atom stereocenters. The highest BCUT2D eigenvalue weighted by molar-refractivity contribution is 5.84. The van der Waals surface area contributed by atoms with Gasteiger partial charge in [-0.1, -0.05) is 30.3 Å². The Balaban J connectivity index is 1.65. The van der Waals surface area contributed by atoms with E-state index in [-0.39, 0.29) is 5.91 Å². The predicted octanol–water partition coefficient (Wildman–Crippen LogP) is 1.29. The normalized spacial score (nSPS) is 23.7. The lowest BCUT2D eigenvalue weighted by Gasteiger charge is -2.47. The summed E-state index contributed by atoms with van der Waals surface area (Å²) in [6.45, 7) is 1.18. The maximum Gasteiger partial charge on any atom is 0.507 e. The number of hydrazine groups is 1. The summed E-state index contributed by atoms with van der Waals surface area (Å²) in [7, 11) is 0. The second kappa shape index (κ2) is 9.03. The first kappa shape index (κ1) is 20.1. The van der Waals surface area contributed by atoms with Crippen LogP contribution in [0.25, 0.3) is 0 Å². The van der Waals surface area contributed by atoms with Crippen molar-refractivity contribution in [1.29, 1.82) is 0 Å². The molecule has 2 saturated heterocycles. The summed E-state index contributed by atoms with van der Waals surface area (Å²) in [5, 5.41) is 24.6. The Labute approximate surface area is 162 Å². The Bertz CT molecular complexity index is 713. The quantitative estimate of drug-likeness (QED) is 0.595. The van der Waals surface area contributed by atoms with Crippen LogP contribution in [-0.2, 0) is 20.7 Å². The van der Waals surface area contributed by atoms with E-state index in [4.69, 9.17) is 9.84 Å². The minimum atomic E-state index is -1.43. The fourth-order valence-corrected chi connectivity index (χ4v) is 3.78. The maximum atomic E-state index is 12.9. The molecule has 0 aliphatic carbocycles. The van der Waals surface area contributed by atoms with Gasteiger partial charge in [0.25, 0.3) is 5.91 Å². The number of carboxylic acid groups (broad SMARTS) is 2. The van der Waals surface area contributed by atoms with Gasteiger partial charge in [-0.2, -0.15) is 0 Å². The van der Waals surface area contributed by atoms with Crippen molar-refractivity contribution in [3.63, 3.8) is 0 Å². The van der Waals surface area contributed by atoms with Crippen molar-refractivity contribution < 1.29 is 29.3 Å². The highest BCUT2D eigenvalue weighted by atomic mass is 16.7. The Morgan fingerprint density at radius 2 is 1.93 bits per heavy atom. The maximum absolute atomic E-state index is 12.9. The second-order valence-electron chi connectivity index (χ2n) is 7.04. The summed E-state index contributed by atoms with van der Waals surface area (Å²) in [6, 6.07) is 8.01. The van der Waals surface area contributed by atoms with Crippen molar-refractivity contribution in [3.8, 4) is 0 Å². The van der Waals surface area contributed by atoms with Gasteiger partial charge >= 0.3 is 12.1 Å². The van der Waals surface area contributed by atoms with Crippen LogP contribution >= 0.6 is 0 Å². The molecular formula is C19H25N3O6. The van der Waals surface area contributed by atoms with Crippen molar-refractivity contribution in [2.45, 2.75) is 50.4 Å². The van der Waals surface area contributed by atoms with E-state index in [1.165, 1.54) is 5.01 Å². The SMILES string of the molecule is O=C(O)OC1CCCN2CCC(NC(CCc3ccccc3)C(=O)O)C(=O)N12. The van der Waals surface area contributed by atoms with E-state index in [9.17, 15) is 19.5 Å². The van der Waals surface area contributed by atoms with Crippen LogP contribution in [0.15, 0.2) is 30.3 Å². The van der Waals surface area contributed by atoms with Gasteiger partial charge in [-0.15, -0.1) is 0 Å². The molecule has 0 bridgehead atoms.